The summed E-state index contributed by atoms with van der Waals surface area (Å²) < 4.78 is 5.43. The van der Waals surface area contributed by atoms with Gasteiger partial charge in [-0.1, -0.05) is 70.0 Å². The van der Waals surface area contributed by atoms with Gasteiger partial charge in [0, 0.05) is 24.4 Å². The average Bonchev–Trinajstić information content (AvgIpc) is 2.78. The highest BCUT2D eigenvalue weighted by Crippen LogP contribution is 2.25. The van der Waals surface area contributed by atoms with E-state index in [2.05, 4.69) is 42.9 Å². The SMILES string of the molecule is CCCCc1cnc(-c2ccc(-c3ccc(OC(=O)CC(C)CC)cc3)cc2)nc1. The summed E-state index contributed by atoms with van der Waals surface area (Å²) >= 11 is 0. The van der Waals surface area contributed by atoms with Crippen LogP contribution in [0.2, 0.25) is 0 Å². The second-order valence-electron chi connectivity index (χ2n) is 7.81. The molecule has 30 heavy (non-hydrogen) atoms. The van der Waals surface area contributed by atoms with Crippen molar-refractivity contribution < 1.29 is 9.53 Å². The number of rotatable bonds is 9. The lowest BCUT2D eigenvalue weighted by Crippen LogP contribution is -2.11. The maximum Gasteiger partial charge on any atom is 0.311 e. The molecule has 0 aliphatic heterocycles. The minimum atomic E-state index is -0.179. The lowest BCUT2D eigenvalue weighted by molar-refractivity contribution is -0.135. The summed E-state index contributed by atoms with van der Waals surface area (Å²) in [5, 5.41) is 0. The van der Waals surface area contributed by atoms with Crippen LogP contribution in [0, 0.1) is 5.92 Å². The van der Waals surface area contributed by atoms with Gasteiger partial charge >= 0.3 is 5.97 Å². The van der Waals surface area contributed by atoms with Gasteiger partial charge < -0.3 is 4.74 Å². The Morgan fingerprint density at radius 3 is 2.03 bits per heavy atom. The third-order valence-corrected chi connectivity index (χ3v) is 5.30. The molecule has 0 radical (unpaired) electrons. The molecule has 156 valence electrons. The number of hydrogen-bond donors (Lipinski definition) is 0. The van der Waals surface area contributed by atoms with Crippen LogP contribution in [0.4, 0.5) is 0 Å². The fourth-order valence-electron chi connectivity index (χ4n) is 3.14. The minimum absolute atomic E-state index is 0.179. The Balaban J connectivity index is 1.64. The fourth-order valence-corrected chi connectivity index (χ4v) is 3.14. The third kappa shape index (κ3) is 5.99. The summed E-state index contributed by atoms with van der Waals surface area (Å²) in [6.45, 7) is 6.32. The van der Waals surface area contributed by atoms with Crippen molar-refractivity contribution in [2.45, 2.75) is 52.9 Å². The maximum absolute atomic E-state index is 11.9. The van der Waals surface area contributed by atoms with Gasteiger partial charge in [-0.25, -0.2) is 9.97 Å². The summed E-state index contributed by atoms with van der Waals surface area (Å²) in [6.07, 6.45) is 8.62. The van der Waals surface area contributed by atoms with E-state index in [-0.39, 0.29) is 5.97 Å². The lowest BCUT2D eigenvalue weighted by atomic mass is 10.0. The van der Waals surface area contributed by atoms with Crippen molar-refractivity contribution in [3.05, 3.63) is 66.5 Å². The van der Waals surface area contributed by atoms with Gasteiger partial charge in [-0.05, 0) is 47.6 Å². The summed E-state index contributed by atoms with van der Waals surface area (Å²) in [6, 6.07) is 15.8. The van der Waals surface area contributed by atoms with Crippen LogP contribution in [0.15, 0.2) is 60.9 Å². The average molecular weight is 403 g/mol. The fraction of sp³-hybridized carbons (Fsp3) is 0.346. The lowest BCUT2D eigenvalue weighted by Gasteiger charge is -2.09. The zero-order valence-electron chi connectivity index (χ0n) is 18.1. The van der Waals surface area contributed by atoms with Gasteiger partial charge in [-0.3, -0.25) is 4.79 Å². The first-order valence-electron chi connectivity index (χ1n) is 10.8. The van der Waals surface area contributed by atoms with Crippen LogP contribution in [0.25, 0.3) is 22.5 Å². The first kappa shape index (κ1) is 21.7. The number of benzene rings is 2. The summed E-state index contributed by atoms with van der Waals surface area (Å²) in [7, 11) is 0. The molecular weight excluding hydrogens is 372 g/mol. The number of hydrogen-bond acceptors (Lipinski definition) is 4. The maximum atomic E-state index is 11.9. The molecule has 1 atom stereocenters. The standard InChI is InChI=1S/C26H30N2O2/c1-4-6-7-20-17-27-26(28-18-20)23-10-8-21(9-11-23)22-12-14-24(15-13-22)30-25(29)16-19(3)5-2/h8-15,17-19H,4-7,16H2,1-3H3. The normalized spacial score (nSPS) is 11.8. The molecule has 0 bridgehead atoms. The molecule has 4 heteroatoms. The molecule has 0 amide bonds. The van der Waals surface area contributed by atoms with Crippen molar-refractivity contribution in [3.63, 3.8) is 0 Å². The molecule has 0 saturated heterocycles. The second kappa shape index (κ2) is 10.7. The van der Waals surface area contributed by atoms with E-state index >= 15 is 0 Å². The Morgan fingerprint density at radius 1 is 0.900 bits per heavy atom. The van der Waals surface area contributed by atoms with Crippen LogP contribution in [0.5, 0.6) is 5.75 Å². The van der Waals surface area contributed by atoms with Gasteiger partial charge in [0.05, 0.1) is 0 Å². The van der Waals surface area contributed by atoms with Gasteiger partial charge in [0.1, 0.15) is 5.75 Å². The zero-order chi connectivity index (χ0) is 21.3. The Kier molecular flexibility index (Phi) is 7.72. The van der Waals surface area contributed by atoms with Crippen LogP contribution in [0.1, 0.15) is 52.0 Å². The van der Waals surface area contributed by atoms with Gasteiger partial charge in [-0.15, -0.1) is 0 Å². The van der Waals surface area contributed by atoms with Crippen LogP contribution >= 0.6 is 0 Å². The van der Waals surface area contributed by atoms with Crippen molar-refractivity contribution in [1.29, 1.82) is 0 Å². The van der Waals surface area contributed by atoms with Crippen molar-refractivity contribution in [2.24, 2.45) is 5.92 Å². The van der Waals surface area contributed by atoms with E-state index in [4.69, 9.17) is 4.74 Å². The molecule has 3 rings (SSSR count). The predicted molar refractivity (Wildman–Crippen MR) is 121 cm³/mol. The minimum Gasteiger partial charge on any atom is -0.427 e. The largest absolute Gasteiger partial charge is 0.427 e. The van der Waals surface area contributed by atoms with Crippen molar-refractivity contribution >= 4 is 5.97 Å². The monoisotopic (exact) mass is 402 g/mol. The number of ether oxygens (including phenoxy) is 1. The number of carbonyl (C=O) groups excluding carboxylic acids is 1. The highest BCUT2D eigenvalue weighted by molar-refractivity contribution is 5.73. The van der Waals surface area contributed by atoms with E-state index in [1.165, 1.54) is 12.0 Å². The van der Waals surface area contributed by atoms with Gasteiger partial charge in [0.15, 0.2) is 5.82 Å². The molecule has 0 aliphatic carbocycles. The summed E-state index contributed by atoms with van der Waals surface area (Å²) in [5.74, 6) is 1.49. The van der Waals surface area contributed by atoms with Gasteiger partial charge in [0.25, 0.3) is 0 Å². The van der Waals surface area contributed by atoms with E-state index in [0.29, 0.717) is 18.1 Å². The molecule has 1 aromatic heterocycles. The van der Waals surface area contributed by atoms with Crippen molar-refractivity contribution in [3.8, 4) is 28.3 Å². The zero-order valence-corrected chi connectivity index (χ0v) is 18.1. The molecular formula is C26H30N2O2. The molecule has 0 spiro atoms. The molecule has 0 fully saturated rings. The number of aromatic nitrogens is 2. The van der Waals surface area contributed by atoms with E-state index < -0.39 is 0 Å². The molecule has 1 unspecified atom stereocenters. The Labute approximate surface area is 179 Å². The van der Waals surface area contributed by atoms with Crippen LogP contribution < -0.4 is 4.74 Å². The van der Waals surface area contributed by atoms with Crippen LogP contribution in [-0.2, 0) is 11.2 Å². The number of unbranched alkanes of at least 4 members (excludes halogenated alkanes) is 1. The van der Waals surface area contributed by atoms with E-state index in [1.54, 1.807) is 0 Å². The number of nitrogens with zero attached hydrogens (tertiary/aromatic N) is 2. The van der Waals surface area contributed by atoms with E-state index in [0.717, 1.165) is 41.8 Å². The summed E-state index contributed by atoms with van der Waals surface area (Å²) in [4.78, 5) is 21.0. The van der Waals surface area contributed by atoms with Gasteiger partial charge in [-0.2, -0.15) is 0 Å². The molecule has 2 aromatic carbocycles. The first-order chi connectivity index (χ1) is 14.6. The molecule has 0 saturated carbocycles. The number of aryl methyl sites for hydroxylation is 1. The highest BCUT2D eigenvalue weighted by Gasteiger charge is 2.10. The Morgan fingerprint density at radius 2 is 1.47 bits per heavy atom. The smallest absolute Gasteiger partial charge is 0.311 e. The third-order valence-electron chi connectivity index (χ3n) is 5.30. The first-order valence-corrected chi connectivity index (χ1v) is 10.8. The van der Waals surface area contributed by atoms with Crippen molar-refractivity contribution in [2.75, 3.05) is 0 Å². The van der Waals surface area contributed by atoms with Crippen molar-refractivity contribution in [1.82, 2.24) is 9.97 Å². The highest BCUT2D eigenvalue weighted by atomic mass is 16.5. The number of esters is 1. The summed E-state index contributed by atoms with van der Waals surface area (Å²) in [5.41, 5.74) is 4.34. The number of carbonyl (C=O) groups is 1. The van der Waals surface area contributed by atoms with Crippen LogP contribution in [-0.4, -0.2) is 15.9 Å². The quantitative estimate of drug-likeness (QED) is 0.303. The Bertz CT molecular complexity index is 932. The molecule has 4 nitrogen and oxygen atoms in total. The predicted octanol–water partition coefficient (Wildman–Crippen LogP) is 6.49. The molecule has 3 aromatic rings. The Hall–Kier alpha value is -3.01. The second-order valence-corrected chi connectivity index (χ2v) is 7.81. The molecule has 1 heterocycles. The van der Waals surface area contributed by atoms with E-state index in [1.807, 2.05) is 48.8 Å². The molecule has 0 N–H and O–H groups in total. The van der Waals surface area contributed by atoms with E-state index in [9.17, 15) is 4.79 Å². The van der Waals surface area contributed by atoms with Gasteiger partial charge in [0.2, 0.25) is 0 Å². The topological polar surface area (TPSA) is 52.1 Å². The van der Waals surface area contributed by atoms with Crippen LogP contribution in [0.3, 0.4) is 0 Å². The molecule has 0 aliphatic rings.